The van der Waals surface area contributed by atoms with E-state index in [1.54, 1.807) is 19.2 Å². The average Bonchev–Trinajstić information content (AvgIpc) is 2.89. The minimum absolute atomic E-state index is 0.0876. The number of hydrogen-bond acceptors (Lipinski definition) is 4. The van der Waals surface area contributed by atoms with E-state index in [1.165, 1.54) is 0 Å². The first kappa shape index (κ1) is 16.1. The number of benzene rings is 1. The summed E-state index contributed by atoms with van der Waals surface area (Å²) in [7, 11) is 1.54. The van der Waals surface area contributed by atoms with Crippen LogP contribution in [0.15, 0.2) is 12.1 Å². The lowest BCUT2D eigenvalue weighted by Crippen LogP contribution is -2.38. The zero-order valence-electron chi connectivity index (χ0n) is 12.4. The highest BCUT2D eigenvalue weighted by molar-refractivity contribution is 6.31. The number of rotatable bonds is 5. The van der Waals surface area contributed by atoms with Gasteiger partial charge in [-0.15, -0.1) is 0 Å². The van der Waals surface area contributed by atoms with Gasteiger partial charge < -0.3 is 15.2 Å². The molecule has 5 nitrogen and oxygen atoms in total. The highest BCUT2D eigenvalue weighted by Gasteiger charge is 2.25. The van der Waals surface area contributed by atoms with Crippen LogP contribution < -0.4 is 10.1 Å². The molecule has 2 N–H and O–H groups in total. The predicted octanol–water partition coefficient (Wildman–Crippen LogP) is 2.05. The second-order valence-corrected chi connectivity index (χ2v) is 5.71. The topological polar surface area (TPSA) is 61.8 Å². The molecule has 0 radical (unpaired) electrons. The molecule has 6 heteroatoms. The first-order valence-electron chi connectivity index (χ1n) is 7.04. The molecule has 1 heterocycles. The Bertz CT molecular complexity index is 522. The van der Waals surface area contributed by atoms with E-state index in [2.05, 4.69) is 5.32 Å². The number of aliphatic hydroxyl groups excluding tert-OH is 1. The van der Waals surface area contributed by atoms with Crippen molar-refractivity contribution in [3.8, 4) is 5.75 Å². The molecule has 0 spiro atoms. The number of amides is 1. The average molecular weight is 313 g/mol. The molecule has 1 aromatic carbocycles. The molecule has 1 fully saturated rings. The summed E-state index contributed by atoms with van der Waals surface area (Å²) in [6.07, 6.45) is 1.95. The molecule has 1 aliphatic rings. The van der Waals surface area contributed by atoms with Crippen molar-refractivity contribution >= 4 is 23.2 Å². The Morgan fingerprint density at radius 2 is 2.33 bits per heavy atom. The van der Waals surface area contributed by atoms with Crippen molar-refractivity contribution in [2.24, 2.45) is 0 Å². The molecule has 1 atom stereocenters. The zero-order chi connectivity index (χ0) is 15.4. The van der Waals surface area contributed by atoms with Gasteiger partial charge in [-0.3, -0.25) is 9.69 Å². The fourth-order valence-electron chi connectivity index (χ4n) is 2.61. The number of ether oxygens (including phenoxy) is 1. The Labute approximate surface area is 129 Å². The lowest BCUT2D eigenvalue weighted by molar-refractivity contribution is -0.117. The van der Waals surface area contributed by atoms with Gasteiger partial charge in [0.1, 0.15) is 5.75 Å². The number of likely N-dealkylation sites (tertiary alicyclic amines) is 1. The molecule has 0 aliphatic carbocycles. The number of nitrogens with zero attached hydrogens (tertiary/aromatic N) is 1. The van der Waals surface area contributed by atoms with Crippen molar-refractivity contribution in [1.29, 1.82) is 0 Å². The lowest BCUT2D eigenvalue weighted by atomic mass is 10.2. The molecule has 0 aromatic heterocycles. The van der Waals surface area contributed by atoms with Gasteiger partial charge in [-0.1, -0.05) is 11.6 Å². The number of nitrogens with one attached hydrogen (secondary N) is 1. The van der Waals surface area contributed by atoms with Gasteiger partial charge in [-0.2, -0.15) is 0 Å². The van der Waals surface area contributed by atoms with Crippen LogP contribution in [0.25, 0.3) is 0 Å². The summed E-state index contributed by atoms with van der Waals surface area (Å²) in [6.45, 7) is 3.09. The van der Waals surface area contributed by atoms with Crippen LogP contribution in [0.5, 0.6) is 5.75 Å². The van der Waals surface area contributed by atoms with E-state index in [1.807, 2.05) is 11.8 Å². The number of carbonyl (C=O) groups excluding carboxylic acids is 1. The first-order valence-corrected chi connectivity index (χ1v) is 7.42. The van der Waals surface area contributed by atoms with E-state index in [9.17, 15) is 9.90 Å². The number of hydrogen-bond donors (Lipinski definition) is 2. The van der Waals surface area contributed by atoms with Crippen LogP contribution in [0.4, 0.5) is 5.69 Å². The third-order valence-electron chi connectivity index (χ3n) is 3.81. The maximum Gasteiger partial charge on any atom is 0.238 e. The molecule has 1 aliphatic heterocycles. The molecule has 1 aromatic rings. The second kappa shape index (κ2) is 7.11. The van der Waals surface area contributed by atoms with Crippen LogP contribution in [-0.4, -0.2) is 48.8 Å². The number of carbonyl (C=O) groups is 1. The Kier molecular flexibility index (Phi) is 5.45. The van der Waals surface area contributed by atoms with Gasteiger partial charge in [0, 0.05) is 17.1 Å². The second-order valence-electron chi connectivity index (χ2n) is 5.30. The van der Waals surface area contributed by atoms with Gasteiger partial charge in [-0.05, 0) is 37.9 Å². The Hall–Kier alpha value is -1.30. The lowest BCUT2D eigenvalue weighted by Gasteiger charge is -2.22. The van der Waals surface area contributed by atoms with Crippen molar-refractivity contribution in [3.63, 3.8) is 0 Å². The van der Waals surface area contributed by atoms with Gasteiger partial charge in [0.2, 0.25) is 5.91 Å². The molecule has 0 bridgehead atoms. The molecule has 1 amide bonds. The minimum Gasteiger partial charge on any atom is -0.495 e. The van der Waals surface area contributed by atoms with E-state index in [0.717, 1.165) is 24.9 Å². The van der Waals surface area contributed by atoms with Crippen LogP contribution in [0.2, 0.25) is 5.02 Å². The van der Waals surface area contributed by atoms with Gasteiger partial charge >= 0.3 is 0 Å². The SMILES string of the molecule is COc1cc(Cl)c(C)cc1NC(=O)CN1CCC[C@@H]1CO. The van der Waals surface area contributed by atoms with Crippen LogP contribution >= 0.6 is 11.6 Å². The van der Waals surface area contributed by atoms with Crippen molar-refractivity contribution < 1.29 is 14.6 Å². The predicted molar refractivity (Wildman–Crippen MR) is 83.1 cm³/mol. The summed E-state index contributed by atoms with van der Waals surface area (Å²) >= 11 is 6.05. The van der Waals surface area contributed by atoms with E-state index in [-0.39, 0.29) is 25.1 Å². The van der Waals surface area contributed by atoms with E-state index >= 15 is 0 Å². The highest BCUT2D eigenvalue weighted by atomic mass is 35.5. The summed E-state index contributed by atoms with van der Waals surface area (Å²) in [5, 5.41) is 12.7. The molecular formula is C15H21ClN2O3. The quantitative estimate of drug-likeness (QED) is 0.873. The van der Waals surface area contributed by atoms with E-state index in [0.29, 0.717) is 16.5 Å². The first-order chi connectivity index (χ1) is 10.0. The maximum atomic E-state index is 12.2. The van der Waals surface area contributed by atoms with Gasteiger partial charge in [0.15, 0.2) is 0 Å². The molecule has 1 saturated heterocycles. The molecule has 116 valence electrons. The van der Waals surface area contributed by atoms with Crippen LogP contribution in [0.3, 0.4) is 0 Å². The number of aryl methyl sites for hydroxylation is 1. The van der Waals surface area contributed by atoms with Crippen molar-refractivity contribution in [2.75, 3.05) is 32.1 Å². The summed E-state index contributed by atoms with van der Waals surface area (Å²) < 4.78 is 5.24. The van der Waals surface area contributed by atoms with Crippen LogP contribution in [-0.2, 0) is 4.79 Å². The van der Waals surface area contributed by atoms with E-state index < -0.39 is 0 Å². The highest BCUT2D eigenvalue weighted by Crippen LogP contribution is 2.31. The number of halogens is 1. The smallest absolute Gasteiger partial charge is 0.238 e. The Morgan fingerprint density at radius 1 is 1.57 bits per heavy atom. The fourth-order valence-corrected chi connectivity index (χ4v) is 2.77. The molecule has 2 rings (SSSR count). The largest absolute Gasteiger partial charge is 0.495 e. The Morgan fingerprint density at radius 3 is 3.00 bits per heavy atom. The Balaban J connectivity index is 2.04. The summed E-state index contributed by atoms with van der Waals surface area (Å²) in [5.74, 6) is 0.425. The summed E-state index contributed by atoms with van der Waals surface area (Å²) in [4.78, 5) is 14.2. The minimum atomic E-state index is -0.115. The van der Waals surface area contributed by atoms with Crippen LogP contribution in [0.1, 0.15) is 18.4 Å². The number of anilines is 1. The monoisotopic (exact) mass is 312 g/mol. The standard InChI is InChI=1S/C15H21ClN2O3/c1-10-6-13(14(21-2)7-12(10)16)17-15(20)8-18-5-3-4-11(18)9-19/h6-7,11,19H,3-5,8-9H2,1-2H3,(H,17,20)/t11-/m1/s1. The number of methoxy groups -OCH3 is 1. The normalized spacial score (nSPS) is 18.8. The van der Waals surface area contributed by atoms with Gasteiger partial charge in [0.25, 0.3) is 0 Å². The summed E-state index contributed by atoms with van der Waals surface area (Å²) in [5.41, 5.74) is 1.49. The summed E-state index contributed by atoms with van der Waals surface area (Å²) in [6, 6.07) is 3.58. The van der Waals surface area contributed by atoms with Crippen molar-refractivity contribution in [2.45, 2.75) is 25.8 Å². The van der Waals surface area contributed by atoms with Crippen molar-refractivity contribution in [3.05, 3.63) is 22.7 Å². The van der Waals surface area contributed by atoms with Gasteiger partial charge in [0.05, 0.1) is 25.9 Å². The molecule has 21 heavy (non-hydrogen) atoms. The molecule has 0 unspecified atom stereocenters. The van der Waals surface area contributed by atoms with Gasteiger partial charge in [-0.25, -0.2) is 0 Å². The van der Waals surface area contributed by atoms with E-state index in [4.69, 9.17) is 16.3 Å². The molecule has 0 saturated carbocycles. The fraction of sp³-hybridized carbons (Fsp3) is 0.533. The molecular weight excluding hydrogens is 292 g/mol. The third-order valence-corrected chi connectivity index (χ3v) is 4.22. The maximum absolute atomic E-state index is 12.2. The third kappa shape index (κ3) is 3.87. The van der Waals surface area contributed by atoms with Crippen LogP contribution in [0, 0.1) is 6.92 Å². The zero-order valence-corrected chi connectivity index (χ0v) is 13.1. The number of aliphatic hydroxyl groups is 1. The van der Waals surface area contributed by atoms with Crippen molar-refractivity contribution in [1.82, 2.24) is 4.90 Å².